The molecule has 96 valence electrons. The summed E-state index contributed by atoms with van der Waals surface area (Å²) in [5, 5.41) is 0.887. The molecule has 0 saturated heterocycles. The van der Waals surface area contributed by atoms with Crippen molar-refractivity contribution in [2.75, 3.05) is 0 Å². The molecule has 2 N–H and O–H groups in total. The van der Waals surface area contributed by atoms with Crippen molar-refractivity contribution in [3.05, 3.63) is 64.6 Å². The monoisotopic (exact) mass is 319 g/mol. The van der Waals surface area contributed by atoms with Gasteiger partial charge in [0.05, 0.1) is 0 Å². The van der Waals surface area contributed by atoms with Crippen LogP contribution in [0.1, 0.15) is 10.4 Å². The maximum absolute atomic E-state index is 12.0. The van der Waals surface area contributed by atoms with Gasteiger partial charge < -0.3 is 0 Å². The Morgan fingerprint density at radius 2 is 2.00 bits per heavy atom. The second kappa shape index (κ2) is 5.73. The van der Waals surface area contributed by atoms with Crippen molar-refractivity contribution in [1.82, 2.24) is 9.99 Å². The zero-order chi connectivity index (χ0) is 13.8. The van der Waals surface area contributed by atoms with Gasteiger partial charge in [0.1, 0.15) is 0 Å². The van der Waals surface area contributed by atoms with Gasteiger partial charge in [0, 0.05) is 34.2 Å². The number of hydrazine groups is 1. The Morgan fingerprint density at radius 3 is 2.68 bits per heavy atom. The summed E-state index contributed by atoms with van der Waals surface area (Å²) in [5.74, 6) is 5.03. The first-order valence-corrected chi connectivity index (χ1v) is 6.17. The number of rotatable bonds is 2. The lowest BCUT2D eigenvalue weighted by molar-refractivity contribution is -0.111. The third-order valence-corrected chi connectivity index (χ3v) is 2.91. The summed E-state index contributed by atoms with van der Waals surface area (Å²) in [6, 6.07) is 3.10. The van der Waals surface area contributed by atoms with E-state index in [9.17, 15) is 9.59 Å². The van der Waals surface area contributed by atoms with Gasteiger partial charge in [0.25, 0.3) is 5.91 Å². The zero-order valence-corrected chi connectivity index (χ0v) is 11.4. The summed E-state index contributed by atoms with van der Waals surface area (Å²) in [6.07, 6.45) is 8.93. The minimum Gasteiger partial charge on any atom is -0.289 e. The van der Waals surface area contributed by atoms with Crippen LogP contribution < -0.4 is 5.84 Å². The molecule has 0 spiro atoms. The van der Waals surface area contributed by atoms with E-state index in [0.29, 0.717) is 11.1 Å². The first kappa shape index (κ1) is 13.4. The maximum Gasteiger partial charge on any atom is 0.272 e. The van der Waals surface area contributed by atoms with E-state index in [4.69, 9.17) is 5.84 Å². The molecular weight excluding hydrogens is 310 g/mol. The lowest BCUT2D eigenvalue weighted by Gasteiger charge is -2.13. The molecule has 0 saturated carbocycles. The maximum atomic E-state index is 12.0. The number of carbonyl (C=O) groups excluding carboxylic acids is 2. The lowest BCUT2D eigenvalue weighted by atomic mass is 10.1. The molecule has 6 heteroatoms. The molecule has 1 amide bonds. The highest BCUT2D eigenvalue weighted by molar-refractivity contribution is 9.11. The van der Waals surface area contributed by atoms with Gasteiger partial charge in [0.2, 0.25) is 0 Å². The summed E-state index contributed by atoms with van der Waals surface area (Å²) < 4.78 is 0.739. The van der Waals surface area contributed by atoms with Crippen molar-refractivity contribution in [2.45, 2.75) is 0 Å². The summed E-state index contributed by atoms with van der Waals surface area (Å²) in [4.78, 5) is 27.4. The third-order valence-electron chi connectivity index (χ3n) is 2.41. The van der Waals surface area contributed by atoms with Gasteiger partial charge in [-0.25, -0.2) is 5.84 Å². The van der Waals surface area contributed by atoms with Crippen LogP contribution >= 0.6 is 15.9 Å². The van der Waals surface area contributed by atoms with Crippen molar-refractivity contribution in [3.63, 3.8) is 0 Å². The zero-order valence-electron chi connectivity index (χ0n) is 9.79. The van der Waals surface area contributed by atoms with Crippen molar-refractivity contribution in [3.8, 4) is 0 Å². The Bertz CT molecular complexity index is 606. The van der Waals surface area contributed by atoms with Crippen molar-refractivity contribution in [1.29, 1.82) is 0 Å². The molecule has 1 aromatic rings. The molecule has 0 aromatic carbocycles. The van der Waals surface area contributed by atoms with Crippen LogP contribution in [-0.4, -0.2) is 21.7 Å². The van der Waals surface area contributed by atoms with Crippen LogP contribution in [0.2, 0.25) is 0 Å². The average molecular weight is 320 g/mol. The number of amides is 1. The number of allylic oxidation sites excluding steroid dienone is 5. The predicted octanol–water partition coefficient (Wildman–Crippen LogP) is 1.70. The number of halogens is 1. The van der Waals surface area contributed by atoms with Gasteiger partial charge in [-0.05, 0) is 30.4 Å². The van der Waals surface area contributed by atoms with E-state index < -0.39 is 5.91 Å². The Hall–Kier alpha value is -2.05. The van der Waals surface area contributed by atoms with Crippen LogP contribution in [0.4, 0.5) is 0 Å². The van der Waals surface area contributed by atoms with E-state index >= 15 is 0 Å². The van der Waals surface area contributed by atoms with E-state index in [1.807, 2.05) is 0 Å². The SMILES string of the molecule is NN(C=C1C=C(Br)C=CC1=O)C(=O)c1ccncc1. The fourth-order valence-corrected chi connectivity index (χ4v) is 1.85. The normalized spacial score (nSPS) is 16.4. The Balaban J connectivity index is 2.22. The van der Waals surface area contributed by atoms with E-state index in [2.05, 4.69) is 20.9 Å². The Labute approximate surface area is 118 Å². The molecule has 0 unspecified atom stereocenters. The molecule has 0 atom stereocenters. The lowest BCUT2D eigenvalue weighted by Crippen LogP contribution is -2.33. The van der Waals surface area contributed by atoms with Gasteiger partial charge >= 0.3 is 0 Å². The summed E-state index contributed by atoms with van der Waals surface area (Å²) >= 11 is 3.26. The summed E-state index contributed by atoms with van der Waals surface area (Å²) in [7, 11) is 0. The van der Waals surface area contributed by atoms with Crippen LogP contribution in [0.15, 0.2) is 59.0 Å². The number of ketones is 1. The number of hydrogen-bond acceptors (Lipinski definition) is 4. The number of hydrogen-bond donors (Lipinski definition) is 1. The molecule has 0 fully saturated rings. The third kappa shape index (κ3) is 3.24. The van der Waals surface area contributed by atoms with Gasteiger partial charge in [-0.1, -0.05) is 15.9 Å². The summed E-state index contributed by atoms with van der Waals surface area (Å²) in [5.41, 5.74) is 0.732. The van der Waals surface area contributed by atoms with Crippen molar-refractivity contribution >= 4 is 27.6 Å². The van der Waals surface area contributed by atoms with Crippen LogP contribution in [0.5, 0.6) is 0 Å². The highest BCUT2D eigenvalue weighted by Gasteiger charge is 2.14. The quantitative estimate of drug-likeness (QED) is 0.389. The molecule has 1 aliphatic rings. The average Bonchev–Trinajstić information content (AvgIpc) is 2.43. The first-order valence-electron chi connectivity index (χ1n) is 5.37. The van der Waals surface area contributed by atoms with Crippen LogP contribution in [0, 0.1) is 0 Å². The molecule has 0 bridgehead atoms. The molecule has 1 aromatic heterocycles. The van der Waals surface area contributed by atoms with Crippen LogP contribution in [0.3, 0.4) is 0 Å². The molecule has 1 heterocycles. The Kier molecular flexibility index (Phi) is 4.03. The fraction of sp³-hybridized carbons (Fsp3) is 0. The largest absolute Gasteiger partial charge is 0.289 e. The second-order valence-electron chi connectivity index (χ2n) is 3.76. The van der Waals surface area contributed by atoms with Gasteiger partial charge in [-0.3, -0.25) is 19.6 Å². The minimum atomic E-state index is -0.415. The first-order chi connectivity index (χ1) is 9.08. The van der Waals surface area contributed by atoms with E-state index in [0.717, 1.165) is 9.49 Å². The minimum absolute atomic E-state index is 0.207. The topological polar surface area (TPSA) is 76.3 Å². The number of pyridine rings is 1. The smallest absolute Gasteiger partial charge is 0.272 e. The van der Waals surface area contributed by atoms with Gasteiger partial charge in [0.15, 0.2) is 5.78 Å². The highest BCUT2D eigenvalue weighted by atomic mass is 79.9. The molecule has 19 heavy (non-hydrogen) atoms. The number of nitrogens with zero attached hydrogens (tertiary/aromatic N) is 2. The number of nitrogens with two attached hydrogens (primary N) is 1. The fourth-order valence-electron chi connectivity index (χ4n) is 1.47. The number of carbonyl (C=O) groups is 2. The van der Waals surface area contributed by atoms with E-state index in [1.54, 1.807) is 24.3 Å². The highest BCUT2D eigenvalue weighted by Crippen LogP contribution is 2.18. The predicted molar refractivity (Wildman–Crippen MR) is 73.8 cm³/mol. The molecule has 0 radical (unpaired) electrons. The summed E-state index contributed by atoms with van der Waals surface area (Å²) in [6.45, 7) is 0. The Morgan fingerprint density at radius 1 is 1.32 bits per heavy atom. The molecule has 5 nitrogen and oxygen atoms in total. The van der Waals surface area contributed by atoms with Gasteiger partial charge in [-0.2, -0.15) is 0 Å². The molecule has 1 aliphatic carbocycles. The molecule has 0 aliphatic heterocycles. The van der Waals surface area contributed by atoms with E-state index in [1.165, 1.54) is 24.7 Å². The molecular formula is C13H10BrN3O2. The van der Waals surface area contributed by atoms with Gasteiger partial charge in [-0.15, -0.1) is 0 Å². The van der Waals surface area contributed by atoms with Crippen LogP contribution in [-0.2, 0) is 4.79 Å². The number of aromatic nitrogens is 1. The second-order valence-corrected chi connectivity index (χ2v) is 4.68. The van der Waals surface area contributed by atoms with Crippen LogP contribution in [0.25, 0.3) is 0 Å². The van der Waals surface area contributed by atoms with Crippen molar-refractivity contribution in [2.24, 2.45) is 5.84 Å². The van der Waals surface area contributed by atoms with E-state index in [-0.39, 0.29) is 5.78 Å². The molecule has 2 rings (SSSR count). The standard InChI is InChI=1S/C13H10BrN3O2/c14-11-1-2-12(18)10(7-11)8-17(15)13(19)9-3-5-16-6-4-9/h1-8H,15H2. The van der Waals surface area contributed by atoms with Crippen molar-refractivity contribution < 1.29 is 9.59 Å².